The smallest absolute Gasteiger partial charge is 0.0540 e. The van der Waals surface area contributed by atoms with E-state index in [1.54, 1.807) is 11.3 Å². The highest BCUT2D eigenvalue weighted by Gasteiger charge is 2.15. The second kappa shape index (κ2) is 5.02. The lowest BCUT2D eigenvalue weighted by Crippen LogP contribution is -2.22. The van der Waals surface area contributed by atoms with E-state index in [9.17, 15) is 0 Å². The molecule has 2 heterocycles. The summed E-state index contributed by atoms with van der Waals surface area (Å²) >= 11 is 1.74. The molecule has 92 valence electrons. The minimum absolute atomic E-state index is 0.318. The molecule has 2 unspecified atom stereocenters. The summed E-state index contributed by atoms with van der Waals surface area (Å²) in [4.78, 5) is 0. The van der Waals surface area contributed by atoms with Crippen molar-refractivity contribution in [1.82, 2.24) is 15.1 Å². The van der Waals surface area contributed by atoms with Crippen LogP contribution in [0.2, 0.25) is 0 Å². The first-order valence-corrected chi connectivity index (χ1v) is 6.80. The molecule has 0 radical (unpaired) electrons. The van der Waals surface area contributed by atoms with Gasteiger partial charge in [-0.05, 0) is 43.2 Å². The summed E-state index contributed by atoms with van der Waals surface area (Å²) < 4.78 is 1.92. The number of thiophene rings is 1. The second-order valence-corrected chi connectivity index (χ2v) is 5.26. The van der Waals surface area contributed by atoms with E-state index in [1.165, 1.54) is 16.8 Å². The van der Waals surface area contributed by atoms with E-state index in [4.69, 9.17) is 0 Å². The molecule has 0 aliphatic heterocycles. The van der Waals surface area contributed by atoms with Gasteiger partial charge in [0.1, 0.15) is 0 Å². The molecular formula is C13H19N3S. The zero-order chi connectivity index (χ0) is 12.4. The predicted molar refractivity (Wildman–Crippen MR) is 72.2 cm³/mol. The molecular weight excluding hydrogens is 230 g/mol. The summed E-state index contributed by atoms with van der Waals surface area (Å²) in [5.74, 6) is 0. The van der Waals surface area contributed by atoms with Crippen LogP contribution < -0.4 is 5.32 Å². The van der Waals surface area contributed by atoms with Gasteiger partial charge >= 0.3 is 0 Å². The van der Waals surface area contributed by atoms with Crippen molar-refractivity contribution in [2.24, 2.45) is 7.05 Å². The van der Waals surface area contributed by atoms with E-state index < -0.39 is 0 Å². The SMILES string of the molecule is Cc1c(C(C)NC(C)c2ccsc2)cnn1C. The van der Waals surface area contributed by atoms with Crippen molar-refractivity contribution in [3.63, 3.8) is 0 Å². The van der Waals surface area contributed by atoms with Gasteiger partial charge in [0, 0.05) is 30.4 Å². The van der Waals surface area contributed by atoms with E-state index >= 15 is 0 Å². The Morgan fingerprint density at radius 3 is 2.65 bits per heavy atom. The van der Waals surface area contributed by atoms with Crippen LogP contribution in [0, 0.1) is 6.92 Å². The van der Waals surface area contributed by atoms with Crippen LogP contribution in [0.1, 0.15) is 42.8 Å². The number of hydrogen-bond donors (Lipinski definition) is 1. The highest BCUT2D eigenvalue weighted by Crippen LogP contribution is 2.22. The number of aromatic nitrogens is 2. The Morgan fingerprint density at radius 2 is 2.12 bits per heavy atom. The topological polar surface area (TPSA) is 29.9 Å². The fourth-order valence-corrected chi connectivity index (χ4v) is 2.78. The molecule has 0 amide bonds. The molecule has 17 heavy (non-hydrogen) atoms. The van der Waals surface area contributed by atoms with Crippen molar-refractivity contribution in [1.29, 1.82) is 0 Å². The number of aryl methyl sites for hydroxylation is 1. The standard InChI is InChI=1S/C13H19N3S/c1-9(12-5-6-17-8-12)15-10(2)13-7-14-16(4)11(13)3/h5-10,15H,1-4H3. The molecule has 0 fully saturated rings. The maximum Gasteiger partial charge on any atom is 0.0540 e. The molecule has 4 heteroatoms. The summed E-state index contributed by atoms with van der Waals surface area (Å²) in [6.45, 7) is 6.49. The Hall–Kier alpha value is -1.13. The fourth-order valence-electron chi connectivity index (χ4n) is 2.02. The predicted octanol–water partition coefficient (Wildman–Crippen LogP) is 3.20. The monoisotopic (exact) mass is 249 g/mol. The van der Waals surface area contributed by atoms with Crippen LogP contribution in [0.5, 0.6) is 0 Å². The third kappa shape index (κ3) is 2.58. The van der Waals surface area contributed by atoms with E-state index in [0.29, 0.717) is 12.1 Å². The molecule has 0 bridgehead atoms. The summed E-state index contributed by atoms with van der Waals surface area (Å²) in [7, 11) is 1.98. The zero-order valence-corrected chi connectivity index (χ0v) is 11.6. The Labute approximate surface area is 106 Å². The number of nitrogens with zero attached hydrogens (tertiary/aromatic N) is 2. The van der Waals surface area contributed by atoms with Gasteiger partial charge in [0.2, 0.25) is 0 Å². The lowest BCUT2D eigenvalue weighted by molar-refractivity contribution is 0.493. The molecule has 0 aromatic carbocycles. The Balaban J connectivity index is 2.07. The van der Waals surface area contributed by atoms with E-state index in [0.717, 1.165) is 0 Å². The van der Waals surface area contributed by atoms with Crippen LogP contribution in [0.3, 0.4) is 0 Å². The first-order valence-electron chi connectivity index (χ1n) is 5.86. The van der Waals surface area contributed by atoms with E-state index in [1.807, 2.05) is 17.9 Å². The number of hydrogen-bond acceptors (Lipinski definition) is 3. The summed E-state index contributed by atoms with van der Waals surface area (Å²) in [5.41, 5.74) is 3.85. The largest absolute Gasteiger partial charge is 0.303 e. The quantitative estimate of drug-likeness (QED) is 0.901. The van der Waals surface area contributed by atoms with Crippen molar-refractivity contribution in [2.45, 2.75) is 32.9 Å². The van der Waals surface area contributed by atoms with Gasteiger partial charge in [-0.25, -0.2) is 0 Å². The summed E-state index contributed by atoms with van der Waals surface area (Å²) in [6, 6.07) is 2.86. The highest BCUT2D eigenvalue weighted by atomic mass is 32.1. The zero-order valence-electron chi connectivity index (χ0n) is 10.8. The highest BCUT2D eigenvalue weighted by molar-refractivity contribution is 7.07. The van der Waals surface area contributed by atoms with Crippen LogP contribution in [0.25, 0.3) is 0 Å². The van der Waals surface area contributed by atoms with Gasteiger partial charge in [-0.1, -0.05) is 0 Å². The first-order chi connectivity index (χ1) is 8.09. The van der Waals surface area contributed by atoms with Gasteiger partial charge in [0.25, 0.3) is 0 Å². The Morgan fingerprint density at radius 1 is 1.35 bits per heavy atom. The molecule has 0 aliphatic carbocycles. The van der Waals surface area contributed by atoms with E-state index in [2.05, 4.69) is 48.0 Å². The van der Waals surface area contributed by atoms with Gasteiger partial charge < -0.3 is 5.32 Å². The molecule has 3 nitrogen and oxygen atoms in total. The van der Waals surface area contributed by atoms with Crippen molar-refractivity contribution in [3.05, 3.63) is 39.8 Å². The molecule has 1 N–H and O–H groups in total. The molecule has 0 aliphatic rings. The van der Waals surface area contributed by atoms with Crippen molar-refractivity contribution < 1.29 is 0 Å². The van der Waals surface area contributed by atoms with Crippen LogP contribution in [0.4, 0.5) is 0 Å². The Kier molecular flexibility index (Phi) is 3.64. The summed E-state index contributed by atoms with van der Waals surface area (Å²) in [6.07, 6.45) is 1.95. The molecule has 0 spiro atoms. The molecule has 2 aromatic heterocycles. The lowest BCUT2D eigenvalue weighted by atomic mass is 10.1. The number of rotatable bonds is 4. The normalized spacial score (nSPS) is 14.8. The summed E-state index contributed by atoms with van der Waals surface area (Å²) in [5, 5.41) is 12.2. The molecule has 0 saturated heterocycles. The third-order valence-electron chi connectivity index (χ3n) is 3.28. The molecule has 2 atom stereocenters. The lowest BCUT2D eigenvalue weighted by Gasteiger charge is -2.19. The van der Waals surface area contributed by atoms with Gasteiger partial charge in [0.15, 0.2) is 0 Å². The van der Waals surface area contributed by atoms with Crippen LogP contribution in [-0.4, -0.2) is 9.78 Å². The minimum Gasteiger partial charge on any atom is -0.303 e. The van der Waals surface area contributed by atoms with Gasteiger partial charge in [0.05, 0.1) is 6.20 Å². The third-order valence-corrected chi connectivity index (χ3v) is 3.98. The van der Waals surface area contributed by atoms with Crippen LogP contribution in [-0.2, 0) is 7.05 Å². The maximum atomic E-state index is 4.29. The average Bonchev–Trinajstić information content (AvgIpc) is 2.90. The maximum absolute atomic E-state index is 4.29. The van der Waals surface area contributed by atoms with E-state index in [-0.39, 0.29) is 0 Å². The molecule has 0 saturated carbocycles. The fraction of sp³-hybridized carbons (Fsp3) is 0.462. The molecule has 2 aromatic rings. The van der Waals surface area contributed by atoms with Crippen LogP contribution in [0.15, 0.2) is 23.0 Å². The van der Waals surface area contributed by atoms with Gasteiger partial charge in [-0.2, -0.15) is 16.4 Å². The Bertz CT molecular complexity index is 473. The van der Waals surface area contributed by atoms with Crippen molar-refractivity contribution in [2.75, 3.05) is 0 Å². The molecule has 2 rings (SSSR count). The average molecular weight is 249 g/mol. The first kappa shape index (κ1) is 12.3. The van der Waals surface area contributed by atoms with Crippen LogP contribution >= 0.6 is 11.3 Å². The second-order valence-electron chi connectivity index (χ2n) is 4.48. The minimum atomic E-state index is 0.318. The van der Waals surface area contributed by atoms with Crippen molar-refractivity contribution >= 4 is 11.3 Å². The van der Waals surface area contributed by atoms with Gasteiger partial charge in [-0.3, -0.25) is 4.68 Å². The number of nitrogens with one attached hydrogen (secondary N) is 1. The van der Waals surface area contributed by atoms with Gasteiger partial charge in [-0.15, -0.1) is 0 Å². The van der Waals surface area contributed by atoms with Crippen molar-refractivity contribution in [3.8, 4) is 0 Å².